The predicted molar refractivity (Wildman–Crippen MR) is 54.5 cm³/mol. The van der Waals surface area contributed by atoms with Crippen LogP contribution in [-0.2, 0) is 19.1 Å². The number of fused-ring (bicyclic) bond motifs is 2. The van der Waals surface area contributed by atoms with Crippen molar-refractivity contribution in [3.8, 4) is 0 Å². The van der Waals surface area contributed by atoms with Gasteiger partial charge in [-0.25, -0.2) is 0 Å². The van der Waals surface area contributed by atoms with Crippen molar-refractivity contribution < 1.29 is 19.1 Å². The molecule has 2 saturated heterocycles. The fourth-order valence-corrected chi connectivity index (χ4v) is 2.81. The molecule has 0 N–H and O–H groups in total. The van der Waals surface area contributed by atoms with Crippen LogP contribution in [0.2, 0.25) is 0 Å². The van der Waals surface area contributed by atoms with Gasteiger partial charge in [-0.05, 0) is 0 Å². The number of Topliss-reactive ketones (excluding diaryl/α,β-unsaturated/α-hetero) is 1. The number of hydrogen-bond acceptors (Lipinski definition) is 4. The van der Waals surface area contributed by atoms with E-state index in [-0.39, 0.29) is 35.8 Å². The SMILES string of the molecule is CC(=O)O[C@H]1C[C@@H]2CC(=O)C[C@@H]1N2C(C)=O. The molecule has 16 heavy (non-hydrogen) atoms. The van der Waals surface area contributed by atoms with Gasteiger partial charge in [0.05, 0.1) is 6.04 Å². The minimum atomic E-state index is -0.353. The highest BCUT2D eigenvalue weighted by atomic mass is 16.5. The number of piperidine rings is 1. The van der Waals surface area contributed by atoms with E-state index in [9.17, 15) is 14.4 Å². The molecule has 0 spiro atoms. The van der Waals surface area contributed by atoms with Crippen molar-refractivity contribution in [3.63, 3.8) is 0 Å². The van der Waals surface area contributed by atoms with Crippen LogP contribution >= 0.6 is 0 Å². The topological polar surface area (TPSA) is 63.7 Å². The normalized spacial score (nSPS) is 32.8. The van der Waals surface area contributed by atoms with Gasteiger partial charge in [0.15, 0.2) is 0 Å². The zero-order valence-electron chi connectivity index (χ0n) is 9.43. The molecule has 0 aliphatic carbocycles. The first-order valence-electron chi connectivity index (χ1n) is 5.47. The summed E-state index contributed by atoms with van der Waals surface area (Å²) < 4.78 is 5.17. The summed E-state index contributed by atoms with van der Waals surface area (Å²) in [5, 5.41) is 0. The molecular weight excluding hydrogens is 210 g/mol. The van der Waals surface area contributed by atoms with Gasteiger partial charge in [0, 0.05) is 39.2 Å². The van der Waals surface area contributed by atoms with E-state index in [1.807, 2.05) is 0 Å². The summed E-state index contributed by atoms with van der Waals surface area (Å²) in [6.45, 7) is 2.84. The second-order valence-electron chi connectivity index (χ2n) is 4.48. The molecule has 0 aromatic rings. The van der Waals surface area contributed by atoms with Gasteiger partial charge in [-0.15, -0.1) is 0 Å². The first kappa shape index (κ1) is 11.1. The van der Waals surface area contributed by atoms with Gasteiger partial charge in [-0.3, -0.25) is 14.4 Å². The van der Waals surface area contributed by atoms with Crippen LogP contribution in [0.15, 0.2) is 0 Å². The molecule has 0 unspecified atom stereocenters. The third-order valence-electron chi connectivity index (χ3n) is 3.27. The van der Waals surface area contributed by atoms with Crippen LogP contribution in [0.25, 0.3) is 0 Å². The number of carbonyl (C=O) groups is 3. The van der Waals surface area contributed by atoms with Gasteiger partial charge in [-0.1, -0.05) is 0 Å². The van der Waals surface area contributed by atoms with E-state index >= 15 is 0 Å². The first-order valence-corrected chi connectivity index (χ1v) is 5.47. The van der Waals surface area contributed by atoms with E-state index in [0.717, 1.165) is 0 Å². The van der Waals surface area contributed by atoms with Gasteiger partial charge < -0.3 is 9.64 Å². The number of esters is 1. The van der Waals surface area contributed by atoms with E-state index in [1.54, 1.807) is 4.90 Å². The summed E-state index contributed by atoms with van der Waals surface area (Å²) in [6, 6.07) is -0.319. The van der Waals surface area contributed by atoms with Crippen molar-refractivity contribution >= 4 is 17.7 Å². The maximum Gasteiger partial charge on any atom is 0.302 e. The molecular formula is C11H15NO4. The predicted octanol–water partition coefficient (Wildman–Crippen LogP) is 0.270. The molecule has 2 aliphatic heterocycles. The maximum absolute atomic E-state index is 11.5. The van der Waals surface area contributed by atoms with Crippen LogP contribution in [0.1, 0.15) is 33.1 Å². The quantitative estimate of drug-likeness (QED) is 0.601. The van der Waals surface area contributed by atoms with E-state index in [4.69, 9.17) is 4.74 Å². The van der Waals surface area contributed by atoms with Crippen molar-refractivity contribution in [2.45, 2.75) is 51.3 Å². The highest BCUT2D eigenvalue weighted by molar-refractivity contribution is 5.85. The van der Waals surface area contributed by atoms with Gasteiger partial charge in [-0.2, -0.15) is 0 Å². The second kappa shape index (κ2) is 3.88. The van der Waals surface area contributed by atoms with Crippen LogP contribution in [0.3, 0.4) is 0 Å². The van der Waals surface area contributed by atoms with Crippen LogP contribution in [0, 0.1) is 0 Å². The number of rotatable bonds is 1. The molecule has 0 aromatic heterocycles. The highest BCUT2D eigenvalue weighted by Gasteiger charge is 2.49. The molecule has 2 bridgehead atoms. The van der Waals surface area contributed by atoms with Crippen LogP contribution < -0.4 is 0 Å². The molecule has 5 heteroatoms. The van der Waals surface area contributed by atoms with Crippen molar-refractivity contribution in [2.24, 2.45) is 0 Å². The zero-order valence-corrected chi connectivity index (χ0v) is 9.43. The van der Waals surface area contributed by atoms with Crippen LogP contribution in [0.4, 0.5) is 0 Å². The van der Waals surface area contributed by atoms with Crippen molar-refractivity contribution in [2.75, 3.05) is 0 Å². The fraction of sp³-hybridized carbons (Fsp3) is 0.727. The molecule has 0 radical (unpaired) electrons. The van der Waals surface area contributed by atoms with E-state index in [0.29, 0.717) is 19.3 Å². The Morgan fingerprint density at radius 1 is 1.31 bits per heavy atom. The smallest absolute Gasteiger partial charge is 0.302 e. The Bertz CT molecular complexity index is 352. The summed E-state index contributed by atoms with van der Waals surface area (Å²) in [4.78, 5) is 35.6. The number of ketones is 1. The Morgan fingerprint density at radius 2 is 2.00 bits per heavy atom. The maximum atomic E-state index is 11.5. The lowest BCUT2D eigenvalue weighted by molar-refractivity contribution is -0.150. The first-order chi connectivity index (χ1) is 7.49. The summed E-state index contributed by atoms with van der Waals surface area (Å²) >= 11 is 0. The lowest BCUT2D eigenvalue weighted by atomic mass is 10.0. The molecule has 2 rings (SSSR count). The molecule has 1 amide bonds. The third-order valence-corrected chi connectivity index (χ3v) is 3.27. The second-order valence-corrected chi connectivity index (χ2v) is 4.48. The monoisotopic (exact) mass is 225 g/mol. The Morgan fingerprint density at radius 3 is 2.56 bits per heavy atom. The summed E-state index contributed by atoms with van der Waals surface area (Å²) in [6.07, 6.45) is 0.995. The highest BCUT2D eigenvalue weighted by Crippen LogP contribution is 2.35. The number of amides is 1. The molecule has 5 nitrogen and oxygen atoms in total. The molecule has 88 valence electrons. The number of hydrogen-bond donors (Lipinski definition) is 0. The van der Waals surface area contributed by atoms with Crippen molar-refractivity contribution in [3.05, 3.63) is 0 Å². The molecule has 2 heterocycles. The molecule has 2 fully saturated rings. The Kier molecular flexibility index (Phi) is 2.69. The lowest BCUT2D eigenvalue weighted by Crippen LogP contribution is -2.48. The van der Waals surface area contributed by atoms with Gasteiger partial charge in [0.25, 0.3) is 0 Å². The third kappa shape index (κ3) is 1.81. The van der Waals surface area contributed by atoms with E-state index < -0.39 is 0 Å². The zero-order chi connectivity index (χ0) is 11.9. The van der Waals surface area contributed by atoms with E-state index in [1.165, 1.54) is 13.8 Å². The Balaban J connectivity index is 2.18. The lowest BCUT2D eigenvalue weighted by Gasteiger charge is -2.33. The van der Waals surface area contributed by atoms with Crippen molar-refractivity contribution in [1.29, 1.82) is 0 Å². The number of carbonyl (C=O) groups excluding carboxylic acids is 3. The Labute approximate surface area is 93.7 Å². The Hall–Kier alpha value is -1.39. The average Bonchev–Trinajstić information content (AvgIpc) is 2.35. The van der Waals surface area contributed by atoms with Gasteiger partial charge in [0.1, 0.15) is 11.9 Å². The number of ether oxygens (including phenoxy) is 1. The van der Waals surface area contributed by atoms with Crippen molar-refractivity contribution in [1.82, 2.24) is 4.90 Å². The molecule has 3 atom stereocenters. The summed E-state index contributed by atoms with van der Waals surface area (Å²) in [5.74, 6) is -0.243. The van der Waals surface area contributed by atoms with E-state index in [2.05, 4.69) is 0 Å². The molecule has 0 saturated carbocycles. The summed E-state index contributed by atoms with van der Waals surface area (Å²) in [5.41, 5.74) is 0. The van der Waals surface area contributed by atoms with Crippen LogP contribution in [-0.4, -0.2) is 40.7 Å². The van der Waals surface area contributed by atoms with Gasteiger partial charge >= 0.3 is 5.97 Å². The van der Waals surface area contributed by atoms with Crippen LogP contribution in [0.5, 0.6) is 0 Å². The molecule has 2 aliphatic rings. The fourth-order valence-electron chi connectivity index (χ4n) is 2.81. The minimum absolute atomic E-state index is 0.0443. The largest absolute Gasteiger partial charge is 0.460 e. The minimum Gasteiger partial charge on any atom is -0.460 e. The molecule has 0 aromatic carbocycles. The van der Waals surface area contributed by atoms with Gasteiger partial charge in [0.2, 0.25) is 5.91 Å². The summed E-state index contributed by atoms with van der Waals surface area (Å²) in [7, 11) is 0. The average molecular weight is 225 g/mol. The standard InChI is InChI=1S/C11H15NO4/c1-6(13)12-8-3-9(15)5-10(12)11(4-8)16-7(2)14/h8,10-11H,3-5H2,1-2H3/t8-,10-,11-/m0/s1. The number of nitrogens with zero attached hydrogens (tertiary/aromatic N) is 1.